The number of hydrogen-bond acceptors (Lipinski definition) is 10. The highest BCUT2D eigenvalue weighted by atomic mass is 31.2. The van der Waals surface area contributed by atoms with E-state index in [4.69, 9.17) is 23.3 Å². The summed E-state index contributed by atoms with van der Waals surface area (Å²) in [6.07, 6.45) is 47.2. The van der Waals surface area contributed by atoms with Gasteiger partial charge in [0.1, 0.15) is 12.7 Å². The molecule has 0 aliphatic heterocycles. The lowest BCUT2D eigenvalue weighted by Gasteiger charge is -2.21. The highest BCUT2D eigenvalue weighted by Gasteiger charge is 2.28. The van der Waals surface area contributed by atoms with E-state index in [1.54, 1.807) is 0 Å². The molecule has 0 aromatic carbocycles. The first kappa shape index (κ1) is 64.0. The Morgan fingerprint density at radius 3 is 1.15 bits per heavy atom. The monoisotopic (exact) mass is 957 g/mol. The summed E-state index contributed by atoms with van der Waals surface area (Å²) < 4.78 is 39.4. The van der Waals surface area contributed by atoms with Crippen LogP contribution in [0.2, 0.25) is 0 Å². The lowest BCUT2D eigenvalue weighted by atomic mass is 10.0. The van der Waals surface area contributed by atoms with Crippen molar-refractivity contribution in [3.8, 4) is 0 Å². The molecule has 0 aliphatic carbocycles. The van der Waals surface area contributed by atoms with Crippen LogP contribution in [0.3, 0.4) is 0 Å². The Kier molecular flexibility index (Phi) is 47.9. The van der Waals surface area contributed by atoms with Crippen molar-refractivity contribution in [1.82, 2.24) is 0 Å². The topological polar surface area (TPSA) is 155 Å². The Hall–Kier alpha value is -2.04. The van der Waals surface area contributed by atoms with Crippen LogP contribution in [0.25, 0.3) is 0 Å². The number of allylic oxidation sites excluding steroid dienone is 4. The fourth-order valence-corrected chi connectivity index (χ4v) is 8.47. The molecule has 0 radical (unpaired) electrons. The van der Waals surface area contributed by atoms with E-state index in [1.807, 2.05) is 0 Å². The Bertz CT molecular complexity index is 1210. The second-order valence-corrected chi connectivity index (χ2v) is 19.9. The second-order valence-electron chi connectivity index (χ2n) is 18.4. The summed E-state index contributed by atoms with van der Waals surface area (Å²) in [5, 5.41) is 9.75. The third-order valence-electron chi connectivity index (χ3n) is 11.9. The molecule has 2 N–H and O–H groups in total. The molecule has 0 bridgehead atoms. The summed E-state index contributed by atoms with van der Waals surface area (Å²) in [5.41, 5.74) is 0. The van der Waals surface area contributed by atoms with Gasteiger partial charge in [-0.3, -0.25) is 23.4 Å². The first-order valence-electron chi connectivity index (χ1n) is 27.2. The highest BCUT2D eigenvalue weighted by molar-refractivity contribution is 7.47. The van der Waals surface area contributed by atoms with Gasteiger partial charge >= 0.3 is 25.7 Å². The molecular formula is C54H101O11P. The van der Waals surface area contributed by atoms with Crippen molar-refractivity contribution in [2.24, 2.45) is 0 Å². The number of aliphatic hydroxyl groups is 1. The summed E-state index contributed by atoms with van der Waals surface area (Å²) in [5.74, 6) is -1.46. The molecule has 3 atom stereocenters. The average molecular weight is 957 g/mol. The van der Waals surface area contributed by atoms with Crippen molar-refractivity contribution in [1.29, 1.82) is 0 Å². The van der Waals surface area contributed by atoms with Gasteiger partial charge in [0.2, 0.25) is 0 Å². The van der Waals surface area contributed by atoms with Gasteiger partial charge in [0, 0.05) is 19.3 Å². The average Bonchev–Trinajstić information content (AvgIpc) is 3.30. The standard InChI is InChI=1S/C54H101O11P/c1-4-7-10-13-16-19-21-23-24-25-26-28-30-33-36-39-42-45-54(58)65-51(47-61-52(56)43-40-37-34-32-29-27-22-20-17-14-11-8-5-2)49-63-66(59,60)62-48-50(46-55)64-53(57)44-41-38-35-31-18-15-12-9-6-3/h16,19,23-24,50-51,55H,4-15,17-18,20-22,25-49H2,1-3H3,(H,59,60)/b19-16-,24-23-. The zero-order chi connectivity index (χ0) is 48.4. The van der Waals surface area contributed by atoms with Crippen LogP contribution in [0.5, 0.6) is 0 Å². The van der Waals surface area contributed by atoms with Crippen LogP contribution in [0.1, 0.15) is 265 Å². The van der Waals surface area contributed by atoms with E-state index in [2.05, 4.69) is 45.1 Å². The fraction of sp³-hybridized carbons (Fsp3) is 0.870. The van der Waals surface area contributed by atoms with Crippen molar-refractivity contribution in [2.75, 3.05) is 26.4 Å². The summed E-state index contributed by atoms with van der Waals surface area (Å²) in [7, 11) is -4.73. The third kappa shape index (κ3) is 47.0. The molecule has 0 amide bonds. The van der Waals surface area contributed by atoms with E-state index in [9.17, 15) is 28.9 Å². The Morgan fingerprint density at radius 1 is 0.424 bits per heavy atom. The van der Waals surface area contributed by atoms with E-state index in [0.29, 0.717) is 19.3 Å². The highest BCUT2D eigenvalue weighted by Crippen LogP contribution is 2.43. The number of phosphoric ester groups is 1. The van der Waals surface area contributed by atoms with Crippen LogP contribution in [0.4, 0.5) is 0 Å². The number of phosphoric acid groups is 1. The van der Waals surface area contributed by atoms with Gasteiger partial charge in [0.15, 0.2) is 6.10 Å². The molecule has 0 rings (SSSR count). The molecule has 66 heavy (non-hydrogen) atoms. The summed E-state index contributed by atoms with van der Waals surface area (Å²) in [4.78, 5) is 48.3. The van der Waals surface area contributed by atoms with Crippen molar-refractivity contribution in [2.45, 2.75) is 277 Å². The molecule has 0 saturated carbocycles. The lowest BCUT2D eigenvalue weighted by molar-refractivity contribution is -0.161. The number of carbonyl (C=O) groups is 3. The molecular weight excluding hydrogens is 856 g/mol. The Morgan fingerprint density at radius 2 is 0.742 bits per heavy atom. The molecule has 0 fully saturated rings. The molecule has 0 aliphatic rings. The summed E-state index contributed by atoms with van der Waals surface area (Å²) in [6.45, 7) is 4.61. The molecule has 0 spiro atoms. The summed E-state index contributed by atoms with van der Waals surface area (Å²) >= 11 is 0. The number of esters is 3. The van der Waals surface area contributed by atoms with Crippen LogP contribution in [0, 0.1) is 0 Å². The van der Waals surface area contributed by atoms with Gasteiger partial charge < -0.3 is 24.2 Å². The predicted octanol–water partition coefficient (Wildman–Crippen LogP) is 15.5. The van der Waals surface area contributed by atoms with Crippen LogP contribution in [-0.2, 0) is 42.2 Å². The normalized spacial score (nSPS) is 13.6. The van der Waals surface area contributed by atoms with Crippen molar-refractivity contribution in [3.63, 3.8) is 0 Å². The van der Waals surface area contributed by atoms with E-state index < -0.39 is 57.8 Å². The van der Waals surface area contributed by atoms with Gasteiger partial charge in [-0.15, -0.1) is 0 Å². The van der Waals surface area contributed by atoms with Crippen LogP contribution < -0.4 is 0 Å². The van der Waals surface area contributed by atoms with Gasteiger partial charge in [-0.05, 0) is 51.4 Å². The van der Waals surface area contributed by atoms with Crippen molar-refractivity contribution in [3.05, 3.63) is 24.3 Å². The van der Waals surface area contributed by atoms with E-state index in [0.717, 1.165) is 77.0 Å². The number of ether oxygens (including phenoxy) is 3. The minimum atomic E-state index is -4.73. The van der Waals surface area contributed by atoms with Gasteiger partial charge in [-0.2, -0.15) is 0 Å². The Labute approximate surface area is 404 Å². The maximum absolute atomic E-state index is 12.9. The maximum atomic E-state index is 12.9. The molecule has 0 aromatic heterocycles. The van der Waals surface area contributed by atoms with Crippen molar-refractivity contribution >= 4 is 25.7 Å². The molecule has 3 unspecified atom stereocenters. The van der Waals surface area contributed by atoms with Gasteiger partial charge in [-0.1, -0.05) is 218 Å². The zero-order valence-electron chi connectivity index (χ0n) is 42.7. The number of aliphatic hydroxyl groups excluding tert-OH is 1. The largest absolute Gasteiger partial charge is 0.472 e. The summed E-state index contributed by atoms with van der Waals surface area (Å²) in [6, 6.07) is 0. The van der Waals surface area contributed by atoms with E-state index in [1.165, 1.54) is 128 Å². The smallest absolute Gasteiger partial charge is 0.462 e. The third-order valence-corrected chi connectivity index (χ3v) is 12.8. The lowest BCUT2D eigenvalue weighted by Crippen LogP contribution is -2.30. The number of hydrogen-bond donors (Lipinski definition) is 2. The maximum Gasteiger partial charge on any atom is 0.472 e. The van der Waals surface area contributed by atoms with Crippen LogP contribution in [0.15, 0.2) is 24.3 Å². The zero-order valence-corrected chi connectivity index (χ0v) is 43.6. The molecule has 12 heteroatoms. The molecule has 0 aromatic rings. The minimum Gasteiger partial charge on any atom is -0.462 e. The number of rotatable bonds is 51. The van der Waals surface area contributed by atoms with Crippen LogP contribution in [-0.4, -0.2) is 66.5 Å². The first-order chi connectivity index (χ1) is 32.2. The molecule has 388 valence electrons. The number of unbranched alkanes of at least 4 members (excludes halogenated alkanes) is 30. The molecule has 0 saturated heterocycles. The van der Waals surface area contributed by atoms with Gasteiger partial charge in [0.05, 0.1) is 19.8 Å². The van der Waals surface area contributed by atoms with E-state index >= 15 is 0 Å². The predicted molar refractivity (Wildman–Crippen MR) is 270 cm³/mol. The van der Waals surface area contributed by atoms with Crippen LogP contribution >= 0.6 is 7.82 Å². The molecule has 11 nitrogen and oxygen atoms in total. The first-order valence-corrected chi connectivity index (χ1v) is 28.7. The van der Waals surface area contributed by atoms with Gasteiger partial charge in [-0.25, -0.2) is 4.57 Å². The second kappa shape index (κ2) is 49.4. The van der Waals surface area contributed by atoms with Crippen molar-refractivity contribution < 1.29 is 52.2 Å². The van der Waals surface area contributed by atoms with E-state index in [-0.39, 0.29) is 25.9 Å². The number of carbonyl (C=O) groups excluding carboxylic acids is 3. The SMILES string of the molecule is CCCCC/C=C\C/C=C\CCCCCCCCCC(=O)OC(COC(=O)CCCCCCCCCCCCCCC)COP(=O)(O)OCC(CO)OC(=O)CCCCCCCCCCC. The fourth-order valence-electron chi connectivity index (χ4n) is 7.68. The van der Waals surface area contributed by atoms with Gasteiger partial charge in [0.25, 0.3) is 0 Å². The Balaban J connectivity index is 4.72. The minimum absolute atomic E-state index is 0.164. The molecule has 0 heterocycles. The quantitative estimate of drug-likeness (QED) is 0.0197.